The number of aromatic nitrogens is 2. The normalized spacial score (nSPS) is 14.9. The molecule has 32 heavy (non-hydrogen) atoms. The number of aromatic amines is 1. The van der Waals surface area contributed by atoms with Gasteiger partial charge in [-0.2, -0.15) is 0 Å². The van der Waals surface area contributed by atoms with Crippen LogP contribution in [0, 0.1) is 12.7 Å². The molecule has 0 saturated carbocycles. The van der Waals surface area contributed by atoms with Crippen LogP contribution in [0.25, 0.3) is 26.7 Å². The van der Waals surface area contributed by atoms with E-state index in [-0.39, 0.29) is 5.82 Å². The number of ether oxygens (including phenoxy) is 1. The van der Waals surface area contributed by atoms with Crippen molar-refractivity contribution in [2.75, 3.05) is 26.2 Å². The fourth-order valence-corrected chi connectivity index (χ4v) is 5.28. The molecule has 5 rings (SSSR count). The van der Waals surface area contributed by atoms with Crippen LogP contribution in [0.2, 0.25) is 0 Å². The molecular formula is C26H28FN3OS. The monoisotopic (exact) mass is 449 g/mol. The number of thiazole rings is 1. The summed E-state index contributed by atoms with van der Waals surface area (Å²) in [6.07, 6.45) is 8.54. The fourth-order valence-electron chi connectivity index (χ4n) is 4.47. The highest BCUT2D eigenvalue weighted by molar-refractivity contribution is 7.18. The SMILES string of the molecule is Cc1nc2cc(OCCCCCN3CC=C(c4c[nH]c5cccc(F)c45)CC3)ccc2s1. The molecular weight excluding hydrogens is 421 g/mol. The molecule has 0 aliphatic carbocycles. The number of unbranched alkanes of at least 4 members (excludes halogenated alkanes) is 2. The minimum atomic E-state index is -0.147. The first-order chi connectivity index (χ1) is 15.7. The molecule has 0 spiro atoms. The molecule has 6 heteroatoms. The van der Waals surface area contributed by atoms with E-state index in [1.54, 1.807) is 17.4 Å². The fraction of sp³-hybridized carbons (Fsp3) is 0.346. The van der Waals surface area contributed by atoms with E-state index in [0.29, 0.717) is 0 Å². The summed E-state index contributed by atoms with van der Waals surface area (Å²) in [5, 5.41) is 1.81. The number of nitrogens with zero attached hydrogens (tertiary/aromatic N) is 2. The van der Waals surface area contributed by atoms with E-state index in [1.165, 1.54) is 22.8 Å². The first-order valence-corrected chi connectivity index (χ1v) is 12.2. The lowest BCUT2D eigenvalue weighted by molar-refractivity contribution is 0.276. The van der Waals surface area contributed by atoms with Crippen molar-refractivity contribution in [1.82, 2.24) is 14.9 Å². The van der Waals surface area contributed by atoms with Crippen molar-refractivity contribution in [1.29, 1.82) is 0 Å². The smallest absolute Gasteiger partial charge is 0.133 e. The van der Waals surface area contributed by atoms with Gasteiger partial charge in [0.05, 0.1) is 21.8 Å². The summed E-state index contributed by atoms with van der Waals surface area (Å²) >= 11 is 1.72. The van der Waals surface area contributed by atoms with E-state index in [4.69, 9.17) is 4.74 Å². The molecule has 0 fully saturated rings. The van der Waals surface area contributed by atoms with Gasteiger partial charge >= 0.3 is 0 Å². The Labute approximate surface area is 191 Å². The van der Waals surface area contributed by atoms with Crippen molar-refractivity contribution in [3.05, 3.63) is 65.1 Å². The van der Waals surface area contributed by atoms with Crippen molar-refractivity contribution in [2.24, 2.45) is 0 Å². The van der Waals surface area contributed by atoms with Crippen LogP contribution in [0.3, 0.4) is 0 Å². The minimum absolute atomic E-state index is 0.147. The highest BCUT2D eigenvalue weighted by Crippen LogP contribution is 2.31. The molecule has 4 aromatic rings. The summed E-state index contributed by atoms with van der Waals surface area (Å²) in [5.74, 6) is 0.760. The zero-order chi connectivity index (χ0) is 21.9. The summed E-state index contributed by atoms with van der Waals surface area (Å²) in [7, 11) is 0. The number of hydrogen-bond donors (Lipinski definition) is 1. The third kappa shape index (κ3) is 4.57. The van der Waals surface area contributed by atoms with Gasteiger partial charge < -0.3 is 9.72 Å². The number of hydrogen-bond acceptors (Lipinski definition) is 4. The van der Waals surface area contributed by atoms with E-state index in [9.17, 15) is 4.39 Å². The van der Waals surface area contributed by atoms with Crippen molar-refractivity contribution >= 4 is 38.0 Å². The number of nitrogens with one attached hydrogen (secondary N) is 1. The quantitative estimate of drug-likeness (QED) is 0.310. The molecule has 1 aliphatic rings. The average molecular weight is 450 g/mol. The number of benzene rings is 2. The van der Waals surface area contributed by atoms with Crippen LogP contribution in [0.1, 0.15) is 36.3 Å². The van der Waals surface area contributed by atoms with Crippen LogP contribution >= 0.6 is 11.3 Å². The molecule has 0 radical (unpaired) electrons. The van der Waals surface area contributed by atoms with Crippen LogP contribution in [-0.4, -0.2) is 41.1 Å². The summed E-state index contributed by atoms with van der Waals surface area (Å²) in [5.41, 5.74) is 4.16. The molecule has 0 unspecified atom stereocenters. The predicted molar refractivity (Wildman–Crippen MR) is 131 cm³/mol. The molecule has 1 N–H and O–H groups in total. The summed E-state index contributed by atoms with van der Waals surface area (Å²) in [4.78, 5) is 10.2. The van der Waals surface area contributed by atoms with Crippen molar-refractivity contribution < 1.29 is 9.13 Å². The van der Waals surface area contributed by atoms with Crippen LogP contribution in [0.5, 0.6) is 5.75 Å². The molecule has 0 saturated heterocycles. The van der Waals surface area contributed by atoms with Gasteiger partial charge in [0.25, 0.3) is 0 Å². The van der Waals surface area contributed by atoms with Crippen molar-refractivity contribution in [2.45, 2.75) is 32.6 Å². The molecule has 2 aromatic carbocycles. The van der Waals surface area contributed by atoms with E-state index in [1.807, 2.05) is 31.3 Å². The molecule has 4 nitrogen and oxygen atoms in total. The van der Waals surface area contributed by atoms with Crippen LogP contribution in [0.15, 0.2) is 48.7 Å². The number of fused-ring (bicyclic) bond motifs is 2. The molecule has 2 aromatic heterocycles. The largest absolute Gasteiger partial charge is 0.494 e. The molecule has 0 atom stereocenters. The number of halogens is 1. The van der Waals surface area contributed by atoms with Gasteiger partial charge in [-0.15, -0.1) is 11.3 Å². The van der Waals surface area contributed by atoms with E-state index < -0.39 is 0 Å². The summed E-state index contributed by atoms with van der Waals surface area (Å²) in [6, 6.07) is 11.4. The Balaban J connectivity index is 1.05. The van der Waals surface area contributed by atoms with E-state index >= 15 is 0 Å². The molecule has 1 aliphatic heterocycles. The second-order valence-corrected chi connectivity index (χ2v) is 9.65. The van der Waals surface area contributed by atoms with Gasteiger partial charge in [-0.1, -0.05) is 12.1 Å². The molecule has 0 bridgehead atoms. The third-order valence-electron chi connectivity index (χ3n) is 6.15. The minimum Gasteiger partial charge on any atom is -0.494 e. The van der Waals surface area contributed by atoms with E-state index in [0.717, 1.165) is 78.2 Å². The van der Waals surface area contributed by atoms with Gasteiger partial charge in [0, 0.05) is 41.8 Å². The second-order valence-electron chi connectivity index (χ2n) is 8.42. The average Bonchev–Trinajstić information content (AvgIpc) is 3.40. The summed E-state index contributed by atoms with van der Waals surface area (Å²) in [6.45, 7) is 5.82. The van der Waals surface area contributed by atoms with Crippen molar-refractivity contribution in [3.63, 3.8) is 0 Å². The van der Waals surface area contributed by atoms with Gasteiger partial charge in [0.15, 0.2) is 0 Å². The van der Waals surface area contributed by atoms with Gasteiger partial charge in [0.2, 0.25) is 0 Å². The first kappa shape index (κ1) is 21.2. The number of rotatable bonds is 8. The Kier molecular flexibility index (Phi) is 6.23. The molecule has 166 valence electrons. The third-order valence-corrected chi connectivity index (χ3v) is 7.10. The van der Waals surface area contributed by atoms with Gasteiger partial charge in [-0.05, 0) is 69.0 Å². The highest BCUT2D eigenvalue weighted by atomic mass is 32.1. The Morgan fingerprint density at radius 1 is 1.19 bits per heavy atom. The van der Waals surface area contributed by atoms with Crippen LogP contribution < -0.4 is 4.74 Å². The van der Waals surface area contributed by atoms with Gasteiger partial charge in [-0.3, -0.25) is 4.90 Å². The first-order valence-electron chi connectivity index (χ1n) is 11.3. The molecule has 3 heterocycles. The zero-order valence-corrected chi connectivity index (χ0v) is 19.2. The Bertz CT molecular complexity index is 1260. The Morgan fingerprint density at radius 2 is 2.12 bits per heavy atom. The lowest BCUT2D eigenvalue weighted by atomic mass is 9.98. The standard InChI is InChI=1S/C26H28FN3OS/c1-18-29-24-16-20(8-9-25(24)32-18)31-15-4-2-3-12-30-13-10-19(11-14-30)21-17-28-23-7-5-6-22(27)26(21)23/h5-10,16-17,28H,2-4,11-15H2,1H3. The van der Waals surface area contributed by atoms with E-state index in [2.05, 4.69) is 27.0 Å². The van der Waals surface area contributed by atoms with Gasteiger partial charge in [-0.25, -0.2) is 9.37 Å². The Morgan fingerprint density at radius 3 is 3.00 bits per heavy atom. The Hall–Kier alpha value is -2.70. The maximum Gasteiger partial charge on any atom is 0.133 e. The van der Waals surface area contributed by atoms with Crippen molar-refractivity contribution in [3.8, 4) is 5.75 Å². The van der Waals surface area contributed by atoms with Crippen LogP contribution in [-0.2, 0) is 0 Å². The van der Waals surface area contributed by atoms with Gasteiger partial charge in [0.1, 0.15) is 11.6 Å². The maximum atomic E-state index is 14.3. The summed E-state index contributed by atoms with van der Waals surface area (Å²) < 4.78 is 21.4. The number of H-pyrrole nitrogens is 1. The highest BCUT2D eigenvalue weighted by Gasteiger charge is 2.17. The maximum absolute atomic E-state index is 14.3. The number of aryl methyl sites for hydroxylation is 1. The molecule has 0 amide bonds. The second kappa shape index (κ2) is 9.43. The lowest BCUT2D eigenvalue weighted by Gasteiger charge is -2.26. The lowest BCUT2D eigenvalue weighted by Crippen LogP contribution is -2.29. The topological polar surface area (TPSA) is 41.1 Å². The van der Waals surface area contributed by atoms with Crippen LogP contribution in [0.4, 0.5) is 4.39 Å². The zero-order valence-electron chi connectivity index (χ0n) is 18.4. The predicted octanol–water partition coefficient (Wildman–Crippen LogP) is 6.56.